The van der Waals surface area contributed by atoms with Gasteiger partial charge in [0, 0.05) is 28.5 Å². The summed E-state index contributed by atoms with van der Waals surface area (Å²) in [5, 5.41) is 11.7. The number of benzene rings is 1. The average Bonchev–Trinajstić information content (AvgIpc) is 2.66. The topological polar surface area (TPSA) is 20.2 Å². The van der Waals surface area contributed by atoms with Crippen LogP contribution in [0.3, 0.4) is 0 Å². The van der Waals surface area contributed by atoms with Crippen LogP contribution >= 0.6 is 0 Å². The van der Waals surface area contributed by atoms with Gasteiger partial charge >= 0.3 is 0 Å². The van der Waals surface area contributed by atoms with Gasteiger partial charge in [-0.2, -0.15) is 0 Å². The van der Waals surface area contributed by atoms with Gasteiger partial charge in [-0.05, 0) is 76.8 Å². The van der Waals surface area contributed by atoms with E-state index >= 15 is 0 Å². The van der Waals surface area contributed by atoms with Gasteiger partial charge in [-0.1, -0.05) is 53.0 Å². The van der Waals surface area contributed by atoms with E-state index in [9.17, 15) is 5.11 Å². The van der Waals surface area contributed by atoms with Gasteiger partial charge in [-0.3, -0.25) is 0 Å². The third-order valence-electron chi connectivity index (χ3n) is 7.33. The van der Waals surface area contributed by atoms with Crippen LogP contribution in [-0.2, 0) is 0 Å². The molecule has 3 aliphatic rings. The number of allylic oxidation sites excluding steroid dienone is 6. The third-order valence-corrected chi connectivity index (χ3v) is 7.33. The maximum atomic E-state index is 11.7. The SMILES string of the molecule is C#Cc1cc2c(c(O)c1[C@@H]1C=C(C)CC[C@H]1C(=C)C)C1C=C(C)CC[C@@H]1C(C)=C2. The number of fused-ring (bicyclic) bond motifs is 3. The Bertz CT molecular complexity index is 1010. The molecule has 0 amide bonds. The normalized spacial score (nSPS) is 28.3. The van der Waals surface area contributed by atoms with Crippen molar-refractivity contribution in [2.45, 2.75) is 65.2 Å². The maximum Gasteiger partial charge on any atom is 0.125 e. The van der Waals surface area contributed by atoms with E-state index in [2.05, 4.69) is 64.5 Å². The van der Waals surface area contributed by atoms with Gasteiger partial charge in [0.25, 0.3) is 0 Å². The second-order valence-corrected chi connectivity index (χ2v) is 9.44. The molecule has 0 saturated carbocycles. The molecule has 0 saturated heterocycles. The van der Waals surface area contributed by atoms with E-state index in [-0.39, 0.29) is 11.8 Å². The minimum atomic E-state index is 0.0942. The number of rotatable bonds is 2. The molecule has 0 aromatic heterocycles. The van der Waals surface area contributed by atoms with Crippen molar-refractivity contribution < 1.29 is 5.11 Å². The molecule has 1 N–H and O–H groups in total. The lowest BCUT2D eigenvalue weighted by molar-refractivity contribution is 0.413. The zero-order valence-corrected chi connectivity index (χ0v) is 18.2. The van der Waals surface area contributed by atoms with Crippen molar-refractivity contribution in [3.63, 3.8) is 0 Å². The van der Waals surface area contributed by atoms with E-state index < -0.39 is 0 Å². The Balaban J connectivity index is 1.97. The number of phenolic OH excluding ortho intramolecular Hbond substituents is 1. The molecule has 1 aromatic carbocycles. The van der Waals surface area contributed by atoms with E-state index in [1.54, 1.807) is 0 Å². The molecule has 3 aliphatic carbocycles. The van der Waals surface area contributed by atoms with E-state index in [4.69, 9.17) is 6.42 Å². The molecular formula is C28H32O. The zero-order chi connectivity index (χ0) is 20.9. The van der Waals surface area contributed by atoms with Crippen LogP contribution in [0.4, 0.5) is 0 Å². The van der Waals surface area contributed by atoms with Crippen LogP contribution < -0.4 is 0 Å². The third kappa shape index (κ3) is 3.29. The van der Waals surface area contributed by atoms with Crippen LogP contribution in [0.15, 0.2) is 47.1 Å². The van der Waals surface area contributed by atoms with Crippen molar-refractivity contribution in [3.8, 4) is 18.1 Å². The van der Waals surface area contributed by atoms with Crippen molar-refractivity contribution in [3.05, 3.63) is 69.3 Å². The fourth-order valence-electron chi connectivity index (χ4n) is 5.77. The number of terminal acetylenes is 1. The molecule has 1 aromatic rings. The largest absolute Gasteiger partial charge is 0.507 e. The van der Waals surface area contributed by atoms with Crippen LogP contribution in [-0.4, -0.2) is 5.11 Å². The standard InChI is InChI=1S/C28H32O/c1-7-20-15-21-14-19(6)23-11-9-18(5)13-25(23)27(21)28(29)26(20)24-12-17(4)8-10-22(24)16(2)3/h1,12-15,22-25,29H,2,8-11H2,3-6H3/t22-,23+,24+,25?/m0/s1. The summed E-state index contributed by atoms with van der Waals surface area (Å²) in [6, 6.07) is 2.13. The number of aromatic hydroxyl groups is 1. The first-order valence-corrected chi connectivity index (χ1v) is 10.9. The number of hydrogen-bond donors (Lipinski definition) is 1. The molecule has 0 spiro atoms. The molecule has 4 atom stereocenters. The van der Waals surface area contributed by atoms with E-state index in [0.717, 1.165) is 47.9 Å². The molecule has 150 valence electrons. The first-order valence-electron chi connectivity index (χ1n) is 10.9. The predicted molar refractivity (Wildman–Crippen MR) is 123 cm³/mol. The van der Waals surface area contributed by atoms with Crippen molar-refractivity contribution in [1.29, 1.82) is 0 Å². The van der Waals surface area contributed by atoms with Gasteiger partial charge in [0.2, 0.25) is 0 Å². The van der Waals surface area contributed by atoms with Gasteiger partial charge < -0.3 is 5.11 Å². The highest BCUT2D eigenvalue weighted by Crippen LogP contribution is 2.53. The highest BCUT2D eigenvalue weighted by atomic mass is 16.3. The highest BCUT2D eigenvalue weighted by Gasteiger charge is 2.37. The van der Waals surface area contributed by atoms with Crippen molar-refractivity contribution >= 4 is 6.08 Å². The molecule has 1 heteroatoms. The molecule has 29 heavy (non-hydrogen) atoms. The Morgan fingerprint density at radius 3 is 2.38 bits per heavy atom. The van der Waals surface area contributed by atoms with E-state index in [1.807, 2.05) is 0 Å². The minimum absolute atomic E-state index is 0.0942. The van der Waals surface area contributed by atoms with E-state index in [1.165, 1.54) is 22.3 Å². The summed E-state index contributed by atoms with van der Waals surface area (Å²) < 4.78 is 0. The Labute approximate surface area is 175 Å². The Kier molecular flexibility index (Phi) is 5.07. The summed E-state index contributed by atoms with van der Waals surface area (Å²) in [5.74, 6) is 4.43. The Morgan fingerprint density at radius 1 is 1.07 bits per heavy atom. The maximum absolute atomic E-state index is 11.7. The van der Waals surface area contributed by atoms with Crippen molar-refractivity contribution in [2.24, 2.45) is 11.8 Å². The first-order chi connectivity index (χ1) is 13.8. The lowest BCUT2D eigenvalue weighted by Gasteiger charge is -2.38. The van der Waals surface area contributed by atoms with Gasteiger partial charge in [0.15, 0.2) is 0 Å². The number of phenols is 1. The summed E-state index contributed by atoms with van der Waals surface area (Å²) in [4.78, 5) is 0. The van der Waals surface area contributed by atoms with Crippen LogP contribution in [0.1, 0.15) is 87.5 Å². The average molecular weight is 385 g/mol. The van der Waals surface area contributed by atoms with Crippen LogP contribution in [0, 0.1) is 24.2 Å². The molecule has 0 heterocycles. The van der Waals surface area contributed by atoms with Crippen molar-refractivity contribution in [2.75, 3.05) is 0 Å². The second kappa shape index (κ2) is 7.42. The zero-order valence-electron chi connectivity index (χ0n) is 18.2. The molecule has 4 rings (SSSR count). The molecule has 0 aliphatic heterocycles. The van der Waals surface area contributed by atoms with E-state index in [0.29, 0.717) is 17.6 Å². The van der Waals surface area contributed by atoms with Crippen LogP contribution in [0.5, 0.6) is 5.75 Å². The summed E-state index contributed by atoms with van der Waals surface area (Å²) >= 11 is 0. The highest BCUT2D eigenvalue weighted by molar-refractivity contribution is 5.71. The fraction of sp³-hybridized carbons (Fsp3) is 0.429. The molecule has 0 bridgehead atoms. The summed E-state index contributed by atoms with van der Waals surface area (Å²) in [6.45, 7) is 13.0. The summed E-state index contributed by atoms with van der Waals surface area (Å²) in [7, 11) is 0. The van der Waals surface area contributed by atoms with Gasteiger partial charge in [-0.15, -0.1) is 6.42 Å². The van der Waals surface area contributed by atoms with Crippen LogP contribution in [0.25, 0.3) is 6.08 Å². The van der Waals surface area contributed by atoms with Crippen LogP contribution in [0.2, 0.25) is 0 Å². The molecular weight excluding hydrogens is 352 g/mol. The predicted octanol–water partition coefficient (Wildman–Crippen LogP) is 7.25. The van der Waals surface area contributed by atoms with Gasteiger partial charge in [0.1, 0.15) is 5.75 Å². The molecule has 0 fully saturated rings. The van der Waals surface area contributed by atoms with Crippen molar-refractivity contribution in [1.82, 2.24) is 0 Å². The molecule has 0 radical (unpaired) electrons. The lowest BCUT2D eigenvalue weighted by Crippen LogP contribution is -2.23. The van der Waals surface area contributed by atoms with Gasteiger partial charge in [0.05, 0.1) is 0 Å². The quantitative estimate of drug-likeness (QED) is 0.421. The minimum Gasteiger partial charge on any atom is -0.507 e. The lowest BCUT2D eigenvalue weighted by atomic mass is 9.66. The Morgan fingerprint density at radius 2 is 1.72 bits per heavy atom. The summed E-state index contributed by atoms with van der Waals surface area (Å²) in [5.41, 5.74) is 9.27. The first kappa shape index (κ1) is 19.8. The van der Waals surface area contributed by atoms with Gasteiger partial charge in [-0.25, -0.2) is 0 Å². The monoisotopic (exact) mass is 384 g/mol. The smallest absolute Gasteiger partial charge is 0.125 e. The Hall–Kier alpha value is -2.46. The molecule has 1 unspecified atom stereocenters. The summed E-state index contributed by atoms with van der Waals surface area (Å²) in [6.07, 6.45) is 17.3. The number of hydrogen-bond acceptors (Lipinski definition) is 1. The molecule has 1 nitrogen and oxygen atoms in total. The second-order valence-electron chi connectivity index (χ2n) is 9.44. The fourth-order valence-corrected chi connectivity index (χ4v) is 5.77.